The Kier molecular flexibility index (Phi) is 5.49. The zero-order chi connectivity index (χ0) is 20.3. The van der Waals surface area contributed by atoms with Gasteiger partial charge in [0.15, 0.2) is 12.2 Å². The van der Waals surface area contributed by atoms with Crippen molar-refractivity contribution in [3.63, 3.8) is 0 Å². The van der Waals surface area contributed by atoms with E-state index < -0.39 is 24.1 Å². The molecule has 8 nitrogen and oxygen atoms in total. The average molecular weight is 383 g/mol. The summed E-state index contributed by atoms with van der Waals surface area (Å²) in [5, 5.41) is 2.65. The van der Waals surface area contributed by atoms with Crippen molar-refractivity contribution in [1.82, 2.24) is 9.97 Å². The lowest BCUT2D eigenvalue weighted by atomic mass is 10.2. The van der Waals surface area contributed by atoms with E-state index in [-0.39, 0.29) is 5.69 Å². The fraction of sp³-hybridized carbons (Fsp3) is 0.250. The Hall–Kier alpha value is -3.55. The summed E-state index contributed by atoms with van der Waals surface area (Å²) in [6.07, 6.45) is -1.88. The first-order valence-corrected chi connectivity index (χ1v) is 8.78. The first-order chi connectivity index (χ1) is 13.3. The Morgan fingerprint density at radius 1 is 1.00 bits per heavy atom. The van der Waals surface area contributed by atoms with E-state index in [0.717, 1.165) is 5.56 Å². The Balaban J connectivity index is 1.57. The summed E-state index contributed by atoms with van der Waals surface area (Å²) in [6.45, 7) is 4.96. The molecule has 3 N–H and O–H groups in total. The van der Waals surface area contributed by atoms with E-state index >= 15 is 0 Å². The van der Waals surface area contributed by atoms with Gasteiger partial charge in [0.25, 0.3) is 5.91 Å². The van der Waals surface area contributed by atoms with Gasteiger partial charge in [-0.15, -0.1) is 0 Å². The van der Waals surface area contributed by atoms with E-state index in [1.807, 2.05) is 19.1 Å². The highest BCUT2D eigenvalue weighted by Crippen LogP contribution is 2.16. The molecule has 8 heteroatoms. The number of anilines is 1. The highest BCUT2D eigenvalue weighted by Gasteiger charge is 2.23. The first-order valence-electron chi connectivity index (χ1n) is 8.78. The van der Waals surface area contributed by atoms with E-state index in [1.54, 1.807) is 37.3 Å². The van der Waals surface area contributed by atoms with Crippen molar-refractivity contribution in [2.45, 2.75) is 33.0 Å². The molecule has 0 spiro atoms. The molecule has 1 heterocycles. The summed E-state index contributed by atoms with van der Waals surface area (Å²) in [5.41, 5.74) is 2.34. The molecular formula is C20H21N3O5. The number of benzene rings is 2. The van der Waals surface area contributed by atoms with E-state index in [9.17, 15) is 14.4 Å². The number of aromatic amines is 2. The van der Waals surface area contributed by atoms with Gasteiger partial charge in [0, 0.05) is 5.69 Å². The molecule has 0 fully saturated rings. The SMILES string of the molecule is Cc1cccc(O[C@H](C)C(=O)O[C@H](C)C(=O)Nc2ccc3[nH]c(=O)[nH]c3c2)c1. The second-order valence-corrected chi connectivity index (χ2v) is 6.48. The second kappa shape index (κ2) is 7.99. The molecule has 146 valence electrons. The molecule has 28 heavy (non-hydrogen) atoms. The zero-order valence-corrected chi connectivity index (χ0v) is 15.7. The van der Waals surface area contributed by atoms with Crippen LogP contribution in [0.25, 0.3) is 11.0 Å². The third kappa shape index (κ3) is 4.59. The van der Waals surface area contributed by atoms with Crippen LogP contribution in [0.15, 0.2) is 47.3 Å². The van der Waals surface area contributed by atoms with Gasteiger partial charge >= 0.3 is 11.7 Å². The summed E-state index contributed by atoms with van der Waals surface area (Å²) in [6, 6.07) is 12.2. The van der Waals surface area contributed by atoms with Crippen molar-refractivity contribution >= 4 is 28.6 Å². The standard InChI is InChI=1S/C20H21N3O5/c1-11-5-4-6-15(9-11)27-13(3)19(25)28-12(2)18(24)21-14-7-8-16-17(10-14)23-20(26)22-16/h4-10,12-13H,1-3H3,(H,21,24)(H2,22,23,26)/t12-,13-/m1/s1. The van der Waals surface area contributed by atoms with Crippen molar-refractivity contribution in [2.75, 3.05) is 5.32 Å². The number of carbonyl (C=O) groups is 2. The molecule has 2 atom stereocenters. The monoisotopic (exact) mass is 383 g/mol. The number of amides is 1. The lowest BCUT2D eigenvalue weighted by Crippen LogP contribution is -2.35. The molecule has 0 unspecified atom stereocenters. The molecule has 0 bridgehead atoms. The van der Waals surface area contributed by atoms with Crippen LogP contribution in [-0.2, 0) is 14.3 Å². The minimum atomic E-state index is -1.02. The van der Waals surface area contributed by atoms with Crippen LogP contribution in [0.1, 0.15) is 19.4 Å². The predicted molar refractivity (Wildman–Crippen MR) is 104 cm³/mol. The largest absolute Gasteiger partial charge is 0.479 e. The number of ether oxygens (including phenoxy) is 2. The molecule has 3 rings (SSSR count). The van der Waals surface area contributed by atoms with Crippen molar-refractivity contribution < 1.29 is 19.1 Å². The van der Waals surface area contributed by atoms with Crippen LogP contribution in [-0.4, -0.2) is 34.1 Å². The highest BCUT2D eigenvalue weighted by molar-refractivity contribution is 5.96. The van der Waals surface area contributed by atoms with Crippen LogP contribution in [0.2, 0.25) is 0 Å². The lowest BCUT2D eigenvalue weighted by molar-refractivity contribution is -0.159. The van der Waals surface area contributed by atoms with Gasteiger partial charge in [-0.3, -0.25) is 4.79 Å². The number of hydrogen-bond donors (Lipinski definition) is 3. The smallest absolute Gasteiger partial charge is 0.347 e. The molecular weight excluding hydrogens is 362 g/mol. The van der Waals surface area contributed by atoms with Crippen LogP contribution in [0, 0.1) is 6.92 Å². The molecule has 0 aliphatic heterocycles. The van der Waals surface area contributed by atoms with Gasteiger partial charge in [-0.05, 0) is 56.7 Å². The lowest BCUT2D eigenvalue weighted by Gasteiger charge is -2.18. The third-order valence-electron chi connectivity index (χ3n) is 4.08. The number of rotatable bonds is 6. The maximum atomic E-state index is 12.3. The van der Waals surface area contributed by atoms with Crippen molar-refractivity contribution in [3.05, 3.63) is 58.5 Å². The van der Waals surface area contributed by atoms with Crippen molar-refractivity contribution in [1.29, 1.82) is 0 Å². The molecule has 0 saturated heterocycles. The molecule has 1 amide bonds. The zero-order valence-electron chi connectivity index (χ0n) is 15.7. The maximum Gasteiger partial charge on any atom is 0.347 e. The van der Waals surface area contributed by atoms with Crippen molar-refractivity contribution in [3.8, 4) is 5.75 Å². The summed E-state index contributed by atoms with van der Waals surface area (Å²) in [4.78, 5) is 41.0. The van der Waals surface area contributed by atoms with E-state index in [2.05, 4.69) is 15.3 Å². The van der Waals surface area contributed by atoms with Gasteiger partial charge < -0.3 is 24.8 Å². The molecule has 2 aromatic carbocycles. The second-order valence-electron chi connectivity index (χ2n) is 6.48. The number of imidazole rings is 1. The normalized spacial score (nSPS) is 13.0. The van der Waals surface area contributed by atoms with Crippen LogP contribution in [0.3, 0.4) is 0 Å². The average Bonchev–Trinajstić information content (AvgIpc) is 3.00. The molecule has 3 aromatic rings. The number of aryl methyl sites for hydroxylation is 1. The van der Waals surface area contributed by atoms with E-state index in [1.165, 1.54) is 6.92 Å². The Morgan fingerprint density at radius 3 is 2.50 bits per heavy atom. The number of aromatic nitrogens is 2. The minimum absolute atomic E-state index is 0.330. The minimum Gasteiger partial charge on any atom is -0.479 e. The summed E-state index contributed by atoms with van der Waals surface area (Å²) >= 11 is 0. The molecule has 0 radical (unpaired) electrons. The Bertz CT molecular complexity index is 1070. The summed E-state index contributed by atoms with van der Waals surface area (Å²) in [5.74, 6) is -0.585. The molecule has 1 aromatic heterocycles. The van der Waals surface area contributed by atoms with Gasteiger partial charge in [-0.25, -0.2) is 9.59 Å². The quantitative estimate of drug-likeness (QED) is 0.566. The summed E-state index contributed by atoms with van der Waals surface area (Å²) in [7, 11) is 0. The number of carbonyl (C=O) groups excluding carboxylic acids is 2. The third-order valence-corrected chi connectivity index (χ3v) is 4.08. The number of fused-ring (bicyclic) bond motifs is 1. The molecule has 0 aliphatic rings. The predicted octanol–water partition coefficient (Wildman–Crippen LogP) is 2.50. The van der Waals surface area contributed by atoms with Gasteiger partial charge in [-0.1, -0.05) is 12.1 Å². The van der Waals surface area contributed by atoms with E-state index in [4.69, 9.17) is 9.47 Å². The first kappa shape index (κ1) is 19.2. The number of nitrogens with one attached hydrogen (secondary N) is 3. The molecule has 0 saturated carbocycles. The summed E-state index contributed by atoms with van der Waals surface area (Å²) < 4.78 is 10.8. The fourth-order valence-corrected chi connectivity index (χ4v) is 2.62. The fourth-order valence-electron chi connectivity index (χ4n) is 2.62. The maximum absolute atomic E-state index is 12.3. The Labute approximate surface area is 160 Å². The van der Waals surface area contributed by atoms with Gasteiger partial charge in [-0.2, -0.15) is 0 Å². The van der Waals surface area contributed by atoms with Crippen LogP contribution >= 0.6 is 0 Å². The van der Waals surface area contributed by atoms with Crippen LogP contribution < -0.4 is 15.7 Å². The van der Waals surface area contributed by atoms with Crippen LogP contribution in [0.4, 0.5) is 5.69 Å². The topological polar surface area (TPSA) is 113 Å². The number of esters is 1. The Morgan fingerprint density at radius 2 is 1.75 bits per heavy atom. The number of H-pyrrole nitrogens is 2. The van der Waals surface area contributed by atoms with Gasteiger partial charge in [0.1, 0.15) is 5.75 Å². The van der Waals surface area contributed by atoms with Crippen molar-refractivity contribution in [2.24, 2.45) is 0 Å². The van der Waals surface area contributed by atoms with E-state index in [0.29, 0.717) is 22.5 Å². The molecule has 0 aliphatic carbocycles. The van der Waals surface area contributed by atoms with Gasteiger partial charge in [0.05, 0.1) is 11.0 Å². The highest BCUT2D eigenvalue weighted by atomic mass is 16.6. The van der Waals surface area contributed by atoms with Gasteiger partial charge in [0.2, 0.25) is 0 Å². The van der Waals surface area contributed by atoms with Crippen LogP contribution in [0.5, 0.6) is 5.75 Å². The number of hydrogen-bond acceptors (Lipinski definition) is 5.